The molecule has 2 N–H and O–H groups in total. The molecular formula is C15H27N3O2. The number of carbonyl (C=O) groups excluding carboxylic acids is 2. The Morgan fingerprint density at radius 2 is 1.85 bits per heavy atom. The third-order valence-corrected chi connectivity index (χ3v) is 4.40. The van der Waals surface area contributed by atoms with E-state index in [1.54, 1.807) is 4.90 Å². The number of nitrogens with zero attached hydrogens (tertiary/aromatic N) is 1. The van der Waals surface area contributed by atoms with Gasteiger partial charge in [-0.25, -0.2) is 0 Å². The summed E-state index contributed by atoms with van der Waals surface area (Å²) < 4.78 is 0. The Labute approximate surface area is 121 Å². The molecule has 2 amide bonds. The minimum absolute atomic E-state index is 0.0939. The topological polar surface area (TPSA) is 61.4 Å². The molecule has 0 aromatic heterocycles. The predicted molar refractivity (Wildman–Crippen MR) is 78.3 cm³/mol. The van der Waals surface area contributed by atoms with Crippen LogP contribution in [0.4, 0.5) is 0 Å². The van der Waals surface area contributed by atoms with Gasteiger partial charge in [-0.3, -0.25) is 9.59 Å². The molecule has 0 aromatic carbocycles. The first-order valence-electron chi connectivity index (χ1n) is 7.92. The zero-order chi connectivity index (χ0) is 14.4. The highest BCUT2D eigenvalue weighted by Crippen LogP contribution is 2.17. The summed E-state index contributed by atoms with van der Waals surface area (Å²) in [6, 6.07) is 0.611. The number of carbonyl (C=O) groups is 2. The van der Waals surface area contributed by atoms with E-state index in [9.17, 15) is 9.59 Å². The van der Waals surface area contributed by atoms with Gasteiger partial charge in [0.1, 0.15) is 0 Å². The third-order valence-electron chi connectivity index (χ3n) is 4.40. The third kappa shape index (κ3) is 4.78. The van der Waals surface area contributed by atoms with E-state index in [1.165, 1.54) is 25.7 Å². The molecule has 1 heterocycles. The van der Waals surface area contributed by atoms with Gasteiger partial charge in [-0.15, -0.1) is 0 Å². The summed E-state index contributed by atoms with van der Waals surface area (Å²) in [5.41, 5.74) is 0. The fraction of sp³-hybridized carbons (Fsp3) is 0.867. The first kappa shape index (κ1) is 15.3. The lowest BCUT2D eigenvalue weighted by Gasteiger charge is -2.30. The Hall–Kier alpha value is -1.10. The van der Waals surface area contributed by atoms with Crippen molar-refractivity contribution < 1.29 is 9.59 Å². The normalized spacial score (nSPS) is 25.4. The highest BCUT2D eigenvalue weighted by atomic mass is 16.2. The summed E-state index contributed by atoms with van der Waals surface area (Å²) in [7, 11) is 1.82. The molecule has 1 aliphatic heterocycles. The molecule has 5 heteroatoms. The lowest BCUT2D eigenvalue weighted by molar-refractivity contribution is -0.132. The average Bonchev–Trinajstić information content (AvgIpc) is 2.69. The fourth-order valence-electron chi connectivity index (χ4n) is 3.12. The summed E-state index contributed by atoms with van der Waals surface area (Å²) in [6.45, 7) is 1.07. The molecule has 2 rings (SSSR count). The predicted octanol–water partition coefficient (Wildman–Crippen LogP) is 1.04. The number of rotatable bonds is 4. The van der Waals surface area contributed by atoms with Crippen LogP contribution >= 0.6 is 0 Å². The van der Waals surface area contributed by atoms with Gasteiger partial charge in [-0.1, -0.05) is 25.7 Å². The Morgan fingerprint density at radius 3 is 2.50 bits per heavy atom. The van der Waals surface area contributed by atoms with Crippen LogP contribution in [0.5, 0.6) is 0 Å². The molecule has 1 aliphatic carbocycles. The van der Waals surface area contributed by atoms with E-state index < -0.39 is 0 Å². The van der Waals surface area contributed by atoms with Gasteiger partial charge in [0.15, 0.2) is 0 Å². The maximum absolute atomic E-state index is 12.0. The quantitative estimate of drug-likeness (QED) is 0.757. The van der Waals surface area contributed by atoms with Crippen LogP contribution in [0.25, 0.3) is 0 Å². The number of likely N-dealkylation sites (N-methyl/N-ethyl adjacent to an activating group) is 1. The van der Waals surface area contributed by atoms with Crippen molar-refractivity contribution in [2.75, 3.05) is 20.1 Å². The number of likely N-dealkylation sites (tertiary alicyclic amines) is 1. The molecule has 1 saturated heterocycles. The van der Waals surface area contributed by atoms with E-state index >= 15 is 0 Å². The Balaban J connectivity index is 1.65. The van der Waals surface area contributed by atoms with E-state index in [2.05, 4.69) is 10.6 Å². The monoisotopic (exact) mass is 281 g/mol. The molecule has 1 atom stereocenters. The van der Waals surface area contributed by atoms with Crippen molar-refractivity contribution in [3.05, 3.63) is 0 Å². The van der Waals surface area contributed by atoms with Gasteiger partial charge in [0, 0.05) is 32.1 Å². The largest absolute Gasteiger partial charge is 0.352 e. The molecule has 2 aliphatic rings. The molecule has 114 valence electrons. The van der Waals surface area contributed by atoms with Gasteiger partial charge < -0.3 is 15.5 Å². The molecule has 20 heavy (non-hydrogen) atoms. The highest BCUT2D eigenvalue weighted by Gasteiger charge is 2.23. The second kappa shape index (κ2) is 7.62. The van der Waals surface area contributed by atoms with Crippen molar-refractivity contribution in [1.29, 1.82) is 0 Å². The van der Waals surface area contributed by atoms with Gasteiger partial charge in [0.25, 0.3) is 0 Å². The number of amides is 2. The summed E-state index contributed by atoms with van der Waals surface area (Å²) >= 11 is 0. The van der Waals surface area contributed by atoms with Gasteiger partial charge in [0.05, 0.1) is 6.54 Å². The summed E-state index contributed by atoms with van der Waals surface area (Å²) in [4.78, 5) is 25.1. The maximum Gasteiger partial charge on any atom is 0.234 e. The van der Waals surface area contributed by atoms with Gasteiger partial charge >= 0.3 is 0 Å². The number of nitrogens with one attached hydrogen (secondary N) is 2. The molecule has 5 nitrogen and oxygen atoms in total. The first-order chi connectivity index (χ1) is 9.65. The van der Waals surface area contributed by atoms with Crippen molar-refractivity contribution in [2.24, 2.45) is 0 Å². The van der Waals surface area contributed by atoms with E-state index in [0.29, 0.717) is 25.6 Å². The maximum atomic E-state index is 12.0. The van der Waals surface area contributed by atoms with E-state index in [-0.39, 0.29) is 17.9 Å². The van der Waals surface area contributed by atoms with Gasteiger partial charge in [-0.2, -0.15) is 0 Å². The molecule has 0 bridgehead atoms. The van der Waals surface area contributed by atoms with Crippen LogP contribution in [-0.2, 0) is 9.59 Å². The number of hydrogen-bond acceptors (Lipinski definition) is 3. The van der Waals surface area contributed by atoms with E-state index in [1.807, 2.05) is 7.05 Å². The fourth-order valence-corrected chi connectivity index (χ4v) is 3.12. The molecule has 0 spiro atoms. The lowest BCUT2D eigenvalue weighted by Crippen LogP contribution is -2.50. The zero-order valence-electron chi connectivity index (χ0n) is 12.5. The molecular weight excluding hydrogens is 254 g/mol. The van der Waals surface area contributed by atoms with Crippen LogP contribution in [-0.4, -0.2) is 48.9 Å². The Kier molecular flexibility index (Phi) is 5.83. The summed E-state index contributed by atoms with van der Waals surface area (Å²) in [6.07, 6.45) is 8.71. The number of piperidine rings is 1. The first-order valence-corrected chi connectivity index (χ1v) is 7.92. The average molecular weight is 281 g/mol. The Morgan fingerprint density at radius 1 is 1.15 bits per heavy atom. The van der Waals surface area contributed by atoms with E-state index in [4.69, 9.17) is 0 Å². The molecule has 1 saturated carbocycles. The van der Waals surface area contributed by atoms with E-state index in [0.717, 1.165) is 19.3 Å². The van der Waals surface area contributed by atoms with Crippen LogP contribution in [0.2, 0.25) is 0 Å². The van der Waals surface area contributed by atoms with Crippen LogP contribution < -0.4 is 10.6 Å². The molecule has 1 unspecified atom stereocenters. The molecule has 0 aromatic rings. The zero-order valence-corrected chi connectivity index (χ0v) is 12.5. The van der Waals surface area contributed by atoms with Crippen LogP contribution in [0.15, 0.2) is 0 Å². The van der Waals surface area contributed by atoms with Crippen LogP contribution in [0.1, 0.15) is 51.4 Å². The van der Waals surface area contributed by atoms with Crippen LogP contribution in [0, 0.1) is 0 Å². The van der Waals surface area contributed by atoms with Crippen molar-refractivity contribution in [1.82, 2.24) is 15.5 Å². The standard InChI is InChI=1S/C15H27N3O2/c1-18-11-13(8-9-15(18)20)16-10-14(19)17-12-6-4-2-3-5-7-12/h12-13,16H,2-11H2,1H3,(H,17,19). The van der Waals surface area contributed by atoms with Crippen LogP contribution in [0.3, 0.4) is 0 Å². The second-order valence-corrected chi connectivity index (χ2v) is 6.15. The minimum Gasteiger partial charge on any atom is -0.352 e. The number of hydrogen-bond donors (Lipinski definition) is 2. The summed E-state index contributed by atoms with van der Waals surface area (Å²) in [5, 5.41) is 6.41. The van der Waals surface area contributed by atoms with Crippen molar-refractivity contribution in [3.63, 3.8) is 0 Å². The minimum atomic E-state index is 0.0939. The SMILES string of the molecule is CN1CC(NCC(=O)NC2CCCCCC2)CCC1=O. The van der Waals surface area contributed by atoms with Gasteiger partial charge in [-0.05, 0) is 19.3 Å². The molecule has 2 fully saturated rings. The van der Waals surface area contributed by atoms with Crippen molar-refractivity contribution in [2.45, 2.75) is 63.5 Å². The molecule has 0 radical (unpaired) electrons. The second-order valence-electron chi connectivity index (χ2n) is 6.15. The highest BCUT2D eigenvalue weighted by molar-refractivity contribution is 5.78. The van der Waals surface area contributed by atoms with Crippen molar-refractivity contribution in [3.8, 4) is 0 Å². The smallest absolute Gasteiger partial charge is 0.234 e. The summed E-state index contributed by atoms with van der Waals surface area (Å²) in [5.74, 6) is 0.294. The van der Waals surface area contributed by atoms with Crippen molar-refractivity contribution >= 4 is 11.8 Å². The lowest BCUT2D eigenvalue weighted by atomic mass is 10.1. The Bertz CT molecular complexity index is 338. The van der Waals surface area contributed by atoms with Gasteiger partial charge in [0.2, 0.25) is 11.8 Å².